The maximum Gasteiger partial charge on any atom is 0.432 e. The highest BCUT2D eigenvalue weighted by molar-refractivity contribution is 5.99. The third-order valence-electron chi connectivity index (χ3n) is 7.59. The molecule has 5 rings (SSSR count). The number of benzene rings is 1. The average molecular weight is 544 g/mol. The summed E-state index contributed by atoms with van der Waals surface area (Å²) in [5.74, 6) is -3.34. The monoisotopic (exact) mass is 543 g/mol. The second kappa shape index (κ2) is 9.88. The molecule has 206 valence electrons. The standard InChI is InChI=1S/C26H27F2N5O6/c1-39-17-4-2-15(3-5-17)25(8-10-26(27,28)11-9-25)23(36)32-14-16(34)12-20(32)22(35)31-21-7-6-19-18(30-21)13-29-33(19)24(37)38/h2-7,13,16,20,34H,8-12,14H2,1H3,(H,37,38)(H,30,31,35)/t16-,20+/m0/s1. The van der Waals surface area contributed by atoms with E-state index in [9.17, 15) is 33.4 Å². The summed E-state index contributed by atoms with van der Waals surface area (Å²) < 4.78 is 34.3. The number of aliphatic hydroxyl groups excluding tert-OH is 1. The Bertz CT molecular complexity index is 1420. The van der Waals surface area contributed by atoms with Gasteiger partial charge in [-0.25, -0.2) is 18.6 Å². The zero-order valence-electron chi connectivity index (χ0n) is 21.0. The molecular weight excluding hydrogens is 516 g/mol. The Morgan fingerprint density at radius 2 is 1.77 bits per heavy atom. The molecule has 0 spiro atoms. The van der Waals surface area contributed by atoms with E-state index < -0.39 is 54.2 Å². The van der Waals surface area contributed by atoms with Gasteiger partial charge >= 0.3 is 6.09 Å². The molecule has 2 fully saturated rings. The Morgan fingerprint density at radius 1 is 1.08 bits per heavy atom. The van der Waals surface area contributed by atoms with Gasteiger partial charge in [0.25, 0.3) is 0 Å². The van der Waals surface area contributed by atoms with Crippen LogP contribution in [0.25, 0.3) is 11.0 Å². The topological polar surface area (TPSA) is 147 Å². The predicted octanol–water partition coefficient (Wildman–Crippen LogP) is 3.01. The molecule has 2 aromatic heterocycles. The molecule has 1 saturated carbocycles. The number of methoxy groups -OCH3 is 1. The number of aromatic nitrogens is 3. The van der Waals surface area contributed by atoms with Gasteiger partial charge in [-0.3, -0.25) is 9.59 Å². The molecule has 3 N–H and O–H groups in total. The second-order valence-corrected chi connectivity index (χ2v) is 9.96. The van der Waals surface area contributed by atoms with Gasteiger partial charge in [-0.1, -0.05) is 12.1 Å². The number of halogens is 2. The fourth-order valence-electron chi connectivity index (χ4n) is 5.49. The van der Waals surface area contributed by atoms with Gasteiger partial charge in [-0.15, -0.1) is 0 Å². The molecule has 1 aliphatic carbocycles. The Balaban J connectivity index is 1.42. The van der Waals surface area contributed by atoms with Crippen molar-refractivity contribution >= 4 is 34.8 Å². The van der Waals surface area contributed by atoms with Gasteiger partial charge in [-0.2, -0.15) is 9.78 Å². The number of ether oxygens (including phenoxy) is 1. The summed E-state index contributed by atoms with van der Waals surface area (Å²) in [5.41, 5.74) is -0.286. The SMILES string of the molecule is COc1ccc(C2(C(=O)N3C[C@@H](O)C[C@@H]3C(=O)Nc3ccc4c(cnn4C(=O)O)n3)CCC(F)(F)CC2)cc1. The van der Waals surface area contributed by atoms with Crippen LogP contribution in [0.4, 0.5) is 19.4 Å². The van der Waals surface area contributed by atoms with Crippen LogP contribution < -0.4 is 10.1 Å². The van der Waals surface area contributed by atoms with Crippen molar-refractivity contribution in [2.24, 2.45) is 0 Å². The van der Waals surface area contributed by atoms with Crippen LogP contribution in [0.15, 0.2) is 42.6 Å². The number of β-amino-alcohol motifs (C(OH)–C–C–N with tert-alkyl or cyclic N) is 1. The van der Waals surface area contributed by atoms with Crippen molar-refractivity contribution in [2.45, 2.75) is 55.6 Å². The number of hydrogen-bond acceptors (Lipinski definition) is 7. The van der Waals surface area contributed by atoms with Gasteiger partial charge in [0.15, 0.2) is 0 Å². The van der Waals surface area contributed by atoms with Gasteiger partial charge in [0.05, 0.1) is 30.3 Å². The highest BCUT2D eigenvalue weighted by Crippen LogP contribution is 2.47. The molecule has 0 bridgehead atoms. The highest BCUT2D eigenvalue weighted by Gasteiger charge is 2.53. The van der Waals surface area contributed by atoms with E-state index in [4.69, 9.17) is 4.74 Å². The number of likely N-dealkylation sites (tertiary alicyclic amines) is 1. The number of nitrogens with zero attached hydrogens (tertiary/aromatic N) is 4. The van der Waals surface area contributed by atoms with E-state index in [1.165, 1.54) is 30.3 Å². The Morgan fingerprint density at radius 3 is 2.41 bits per heavy atom. The number of carbonyl (C=O) groups is 3. The first-order chi connectivity index (χ1) is 18.5. The molecule has 39 heavy (non-hydrogen) atoms. The van der Waals surface area contributed by atoms with Crippen molar-refractivity contribution in [3.05, 3.63) is 48.2 Å². The number of rotatable bonds is 5. The Labute approximate surface area is 221 Å². The number of alkyl halides is 2. The van der Waals surface area contributed by atoms with E-state index in [-0.39, 0.29) is 42.7 Å². The van der Waals surface area contributed by atoms with Gasteiger partial charge in [0, 0.05) is 25.8 Å². The van der Waals surface area contributed by atoms with Crippen LogP contribution >= 0.6 is 0 Å². The molecule has 3 aromatic rings. The molecular formula is C26H27F2N5O6. The van der Waals surface area contributed by atoms with Crippen molar-refractivity contribution in [2.75, 3.05) is 19.0 Å². The smallest absolute Gasteiger partial charge is 0.432 e. The van der Waals surface area contributed by atoms with Crippen molar-refractivity contribution in [1.82, 2.24) is 19.7 Å². The summed E-state index contributed by atoms with van der Waals surface area (Å²) in [5, 5.41) is 26.0. The number of amides is 2. The van der Waals surface area contributed by atoms with Crippen molar-refractivity contribution in [3.63, 3.8) is 0 Å². The number of carboxylic acid groups (broad SMARTS) is 1. The fraction of sp³-hybridized carbons (Fsp3) is 0.423. The average Bonchev–Trinajstić information content (AvgIpc) is 3.52. The van der Waals surface area contributed by atoms with Crippen LogP contribution in [-0.2, 0) is 15.0 Å². The minimum atomic E-state index is -2.89. The van der Waals surface area contributed by atoms with Gasteiger partial charge < -0.3 is 25.2 Å². The summed E-state index contributed by atoms with van der Waals surface area (Å²) in [4.78, 5) is 44.2. The number of carbonyl (C=O) groups excluding carboxylic acids is 2. The fourth-order valence-corrected chi connectivity index (χ4v) is 5.49. The zero-order valence-corrected chi connectivity index (χ0v) is 21.0. The molecule has 11 nitrogen and oxygen atoms in total. The van der Waals surface area contributed by atoms with Crippen molar-refractivity contribution in [1.29, 1.82) is 0 Å². The normalized spacial score (nSPS) is 22.0. The van der Waals surface area contributed by atoms with Gasteiger partial charge in [0.1, 0.15) is 23.1 Å². The molecule has 2 atom stereocenters. The summed E-state index contributed by atoms with van der Waals surface area (Å²) in [6.45, 7) is -0.122. The molecule has 1 aromatic carbocycles. The first-order valence-corrected chi connectivity index (χ1v) is 12.4. The lowest BCUT2D eigenvalue weighted by atomic mass is 9.67. The van der Waals surface area contributed by atoms with E-state index in [1.54, 1.807) is 24.3 Å². The molecule has 1 aliphatic heterocycles. The lowest BCUT2D eigenvalue weighted by Gasteiger charge is -2.42. The minimum absolute atomic E-state index is 0.0361. The van der Waals surface area contributed by atoms with E-state index in [1.807, 2.05) is 0 Å². The van der Waals surface area contributed by atoms with Crippen LogP contribution in [0.1, 0.15) is 37.7 Å². The van der Waals surface area contributed by atoms with E-state index in [2.05, 4.69) is 15.4 Å². The largest absolute Gasteiger partial charge is 0.497 e. The van der Waals surface area contributed by atoms with E-state index >= 15 is 0 Å². The molecule has 13 heteroatoms. The van der Waals surface area contributed by atoms with Gasteiger partial charge in [0.2, 0.25) is 17.7 Å². The van der Waals surface area contributed by atoms with E-state index in [0.717, 1.165) is 4.68 Å². The first kappa shape index (κ1) is 26.5. The lowest BCUT2D eigenvalue weighted by molar-refractivity contribution is -0.146. The summed E-state index contributed by atoms with van der Waals surface area (Å²) in [6.07, 6.45) is -2.25. The van der Waals surface area contributed by atoms with Crippen molar-refractivity contribution < 1.29 is 38.1 Å². The van der Waals surface area contributed by atoms with Crippen molar-refractivity contribution in [3.8, 4) is 5.75 Å². The molecule has 2 amide bonds. The Kier molecular flexibility index (Phi) is 6.70. The number of aliphatic hydroxyl groups is 1. The molecule has 0 radical (unpaired) electrons. The maximum absolute atomic E-state index is 14.2. The molecule has 2 aliphatic rings. The minimum Gasteiger partial charge on any atom is -0.497 e. The number of hydrogen-bond donors (Lipinski definition) is 3. The third kappa shape index (κ3) is 4.89. The van der Waals surface area contributed by atoms with Crippen LogP contribution in [0, 0.1) is 0 Å². The van der Waals surface area contributed by atoms with Gasteiger partial charge in [-0.05, 0) is 42.7 Å². The van der Waals surface area contributed by atoms with Crippen LogP contribution in [0.3, 0.4) is 0 Å². The Hall–Kier alpha value is -4.13. The zero-order chi connectivity index (χ0) is 27.9. The van der Waals surface area contributed by atoms with E-state index in [0.29, 0.717) is 11.3 Å². The molecule has 0 unspecified atom stereocenters. The second-order valence-electron chi connectivity index (χ2n) is 9.96. The summed E-state index contributed by atoms with van der Waals surface area (Å²) in [7, 11) is 1.50. The predicted molar refractivity (Wildman–Crippen MR) is 134 cm³/mol. The first-order valence-electron chi connectivity index (χ1n) is 12.4. The molecule has 3 heterocycles. The number of fused-ring (bicyclic) bond motifs is 1. The third-order valence-corrected chi connectivity index (χ3v) is 7.59. The number of anilines is 1. The van der Waals surface area contributed by atoms with Crippen LogP contribution in [-0.4, -0.2) is 79.5 Å². The van der Waals surface area contributed by atoms with Crippen LogP contribution in [0.2, 0.25) is 0 Å². The quantitative estimate of drug-likeness (QED) is 0.445. The number of pyridine rings is 1. The summed E-state index contributed by atoms with van der Waals surface area (Å²) in [6, 6.07) is 8.45. The maximum atomic E-state index is 14.2. The molecule has 1 saturated heterocycles. The van der Waals surface area contributed by atoms with Crippen LogP contribution in [0.5, 0.6) is 5.75 Å². The number of nitrogens with one attached hydrogen (secondary N) is 1. The summed E-state index contributed by atoms with van der Waals surface area (Å²) >= 11 is 0. The lowest BCUT2D eigenvalue weighted by Crippen LogP contribution is -2.54. The highest BCUT2D eigenvalue weighted by atomic mass is 19.3.